The summed E-state index contributed by atoms with van der Waals surface area (Å²) in [6.45, 7) is 3.31. The van der Waals surface area contributed by atoms with Crippen LogP contribution in [-0.4, -0.2) is 20.7 Å². The minimum atomic E-state index is -0.262. The van der Waals surface area contributed by atoms with Crippen LogP contribution in [0.5, 0.6) is 0 Å². The molecule has 0 radical (unpaired) electrons. The van der Waals surface area contributed by atoms with Gasteiger partial charge in [0.1, 0.15) is 11.6 Å². The van der Waals surface area contributed by atoms with Gasteiger partial charge in [-0.05, 0) is 42.8 Å². The number of carbonyl (C=O) groups is 1. The van der Waals surface area contributed by atoms with Gasteiger partial charge in [-0.1, -0.05) is 39.8 Å². The van der Waals surface area contributed by atoms with Gasteiger partial charge in [0, 0.05) is 22.8 Å². The van der Waals surface area contributed by atoms with Gasteiger partial charge in [-0.2, -0.15) is 0 Å². The van der Waals surface area contributed by atoms with Crippen LogP contribution in [0, 0.1) is 12.7 Å². The fourth-order valence-electron chi connectivity index (χ4n) is 2.44. The van der Waals surface area contributed by atoms with Crippen LogP contribution in [0.15, 0.2) is 52.1 Å². The Labute approximate surface area is 163 Å². The predicted molar refractivity (Wildman–Crippen MR) is 104 cm³/mol. The van der Waals surface area contributed by atoms with Crippen molar-refractivity contribution in [3.05, 3.63) is 64.1 Å². The van der Waals surface area contributed by atoms with Crippen molar-refractivity contribution in [1.29, 1.82) is 0 Å². The first-order valence-electron chi connectivity index (χ1n) is 7.81. The lowest BCUT2D eigenvalue weighted by Gasteiger charge is -2.11. The van der Waals surface area contributed by atoms with E-state index in [4.69, 9.17) is 0 Å². The number of halogens is 2. The number of carbonyl (C=O) groups excluding carboxylic acids is 1. The Kier molecular flexibility index (Phi) is 5.73. The van der Waals surface area contributed by atoms with Crippen molar-refractivity contribution in [1.82, 2.24) is 14.8 Å². The molecule has 0 saturated carbocycles. The van der Waals surface area contributed by atoms with Gasteiger partial charge in [0.15, 0.2) is 5.16 Å². The molecule has 1 N–H and O–H groups in total. The number of rotatable bonds is 5. The summed E-state index contributed by atoms with van der Waals surface area (Å²) in [6.07, 6.45) is 0. The highest BCUT2D eigenvalue weighted by Crippen LogP contribution is 2.28. The predicted octanol–water partition coefficient (Wildman–Crippen LogP) is 4.73. The third-order valence-electron chi connectivity index (χ3n) is 3.59. The van der Waals surface area contributed by atoms with Gasteiger partial charge < -0.3 is 5.32 Å². The maximum absolute atomic E-state index is 14.0. The van der Waals surface area contributed by atoms with E-state index in [0.29, 0.717) is 32.5 Å². The summed E-state index contributed by atoms with van der Waals surface area (Å²) in [4.78, 5) is 11.3. The molecule has 8 heteroatoms. The van der Waals surface area contributed by atoms with Gasteiger partial charge in [-0.25, -0.2) is 4.39 Å². The smallest absolute Gasteiger partial charge is 0.221 e. The lowest BCUT2D eigenvalue weighted by Crippen LogP contribution is -2.07. The minimum Gasteiger partial charge on any atom is -0.326 e. The number of anilines is 1. The molecule has 26 heavy (non-hydrogen) atoms. The van der Waals surface area contributed by atoms with Crippen LogP contribution >= 0.6 is 27.7 Å². The summed E-state index contributed by atoms with van der Waals surface area (Å²) in [5.74, 6) is 0.747. The molecule has 0 unspecified atom stereocenters. The summed E-state index contributed by atoms with van der Waals surface area (Å²) in [5, 5.41) is 11.8. The maximum Gasteiger partial charge on any atom is 0.221 e. The quantitative estimate of drug-likeness (QED) is 0.589. The molecule has 0 aliphatic heterocycles. The molecule has 0 aliphatic carbocycles. The molecule has 0 bridgehead atoms. The molecule has 1 heterocycles. The van der Waals surface area contributed by atoms with Crippen LogP contribution < -0.4 is 5.32 Å². The van der Waals surface area contributed by atoms with Crippen LogP contribution in [0.4, 0.5) is 10.1 Å². The van der Waals surface area contributed by atoms with E-state index in [-0.39, 0.29) is 11.7 Å². The average molecular weight is 435 g/mol. The Balaban J connectivity index is 1.86. The Morgan fingerprint density at radius 3 is 2.81 bits per heavy atom. The molecule has 0 fully saturated rings. The highest BCUT2D eigenvalue weighted by atomic mass is 79.9. The van der Waals surface area contributed by atoms with Gasteiger partial charge in [0.2, 0.25) is 5.91 Å². The molecule has 1 aromatic heterocycles. The zero-order valence-corrected chi connectivity index (χ0v) is 16.6. The summed E-state index contributed by atoms with van der Waals surface area (Å²) in [7, 11) is 0. The third-order valence-corrected chi connectivity index (χ3v) is 5.06. The Hall–Kier alpha value is -2.19. The van der Waals surface area contributed by atoms with Gasteiger partial charge in [0.25, 0.3) is 0 Å². The molecule has 3 aromatic rings. The number of nitrogens with one attached hydrogen (secondary N) is 1. The number of amides is 1. The second-order valence-corrected chi connectivity index (χ2v) is 7.48. The average Bonchev–Trinajstić information content (AvgIpc) is 2.94. The number of aryl methyl sites for hydroxylation is 1. The fraction of sp³-hybridized carbons (Fsp3) is 0.167. The zero-order valence-electron chi connectivity index (χ0n) is 14.2. The van der Waals surface area contributed by atoms with Crippen molar-refractivity contribution in [3.63, 3.8) is 0 Å². The third kappa shape index (κ3) is 4.31. The maximum atomic E-state index is 14.0. The summed E-state index contributed by atoms with van der Waals surface area (Å²) >= 11 is 4.66. The van der Waals surface area contributed by atoms with Crippen molar-refractivity contribution < 1.29 is 9.18 Å². The van der Waals surface area contributed by atoms with Crippen LogP contribution in [0.25, 0.3) is 5.69 Å². The summed E-state index contributed by atoms with van der Waals surface area (Å²) in [6, 6.07) is 12.4. The Bertz CT molecular complexity index is 960. The van der Waals surface area contributed by atoms with Gasteiger partial charge in [-0.3, -0.25) is 9.36 Å². The van der Waals surface area contributed by atoms with Crippen LogP contribution in [-0.2, 0) is 10.5 Å². The molecular weight excluding hydrogens is 419 g/mol. The monoisotopic (exact) mass is 434 g/mol. The fourth-order valence-corrected chi connectivity index (χ4v) is 3.76. The number of benzene rings is 2. The molecule has 0 aliphatic rings. The first-order valence-corrected chi connectivity index (χ1v) is 9.58. The largest absolute Gasteiger partial charge is 0.326 e. The van der Waals surface area contributed by atoms with E-state index in [0.717, 1.165) is 5.69 Å². The summed E-state index contributed by atoms with van der Waals surface area (Å²) < 4.78 is 16.6. The van der Waals surface area contributed by atoms with Gasteiger partial charge in [-0.15, -0.1) is 10.2 Å². The van der Waals surface area contributed by atoms with Crippen molar-refractivity contribution in [2.45, 2.75) is 24.8 Å². The molecule has 2 aromatic carbocycles. The summed E-state index contributed by atoms with van der Waals surface area (Å²) in [5.41, 5.74) is 2.12. The van der Waals surface area contributed by atoms with Crippen LogP contribution in [0.2, 0.25) is 0 Å². The SMILES string of the molecule is CC(=O)Nc1cccc(-n2c(C)nnc2SCc2ccc(Br)cc2F)c1. The van der Waals surface area contributed by atoms with Crippen molar-refractivity contribution in [3.8, 4) is 5.69 Å². The van der Waals surface area contributed by atoms with Crippen LogP contribution in [0.3, 0.4) is 0 Å². The van der Waals surface area contributed by atoms with E-state index in [1.807, 2.05) is 41.8 Å². The number of hydrogen-bond acceptors (Lipinski definition) is 4. The number of hydrogen-bond donors (Lipinski definition) is 1. The number of nitrogens with zero attached hydrogens (tertiary/aromatic N) is 3. The first kappa shape index (κ1) is 18.6. The molecule has 1 amide bonds. The molecule has 0 spiro atoms. The lowest BCUT2D eigenvalue weighted by atomic mass is 10.2. The highest BCUT2D eigenvalue weighted by Gasteiger charge is 2.13. The van der Waals surface area contributed by atoms with E-state index >= 15 is 0 Å². The topological polar surface area (TPSA) is 59.8 Å². The zero-order chi connectivity index (χ0) is 18.7. The first-order chi connectivity index (χ1) is 12.4. The molecule has 0 atom stereocenters. The molecular formula is C18H16BrFN4OS. The van der Waals surface area contributed by atoms with Crippen LogP contribution in [0.1, 0.15) is 18.3 Å². The van der Waals surface area contributed by atoms with Gasteiger partial charge >= 0.3 is 0 Å². The minimum absolute atomic E-state index is 0.136. The standard InChI is InChI=1S/C18H16BrFN4OS/c1-11-22-23-18(26-10-13-6-7-14(19)8-17(13)20)24(11)16-5-3-4-15(9-16)21-12(2)25/h3-9H,10H2,1-2H3,(H,21,25). The second kappa shape index (κ2) is 8.01. The van der Waals surface area contributed by atoms with Crippen molar-refractivity contribution >= 4 is 39.3 Å². The van der Waals surface area contributed by atoms with E-state index in [9.17, 15) is 9.18 Å². The van der Waals surface area contributed by atoms with Crippen molar-refractivity contribution in [2.24, 2.45) is 0 Å². The molecule has 134 valence electrons. The van der Waals surface area contributed by atoms with Crippen molar-refractivity contribution in [2.75, 3.05) is 5.32 Å². The van der Waals surface area contributed by atoms with E-state index < -0.39 is 0 Å². The van der Waals surface area contributed by atoms with Gasteiger partial charge in [0.05, 0.1) is 5.69 Å². The molecule has 5 nitrogen and oxygen atoms in total. The Morgan fingerprint density at radius 1 is 1.27 bits per heavy atom. The Morgan fingerprint density at radius 2 is 2.08 bits per heavy atom. The normalized spacial score (nSPS) is 10.8. The molecule has 3 rings (SSSR count). The van der Waals surface area contributed by atoms with E-state index in [1.54, 1.807) is 6.07 Å². The van der Waals surface area contributed by atoms with E-state index in [2.05, 4.69) is 31.4 Å². The lowest BCUT2D eigenvalue weighted by molar-refractivity contribution is -0.114. The highest BCUT2D eigenvalue weighted by molar-refractivity contribution is 9.10. The number of aromatic nitrogens is 3. The second-order valence-electron chi connectivity index (χ2n) is 5.62. The number of thioether (sulfide) groups is 1. The molecule has 0 saturated heterocycles. The van der Waals surface area contributed by atoms with E-state index in [1.165, 1.54) is 24.8 Å².